The minimum absolute atomic E-state index is 0.000368. The molecule has 2 rings (SSSR count). The van der Waals surface area contributed by atoms with Crippen molar-refractivity contribution >= 4 is 12.4 Å². The van der Waals surface area contributed by atoms with Crippen molar-refractivity contribution < 1.29 is 22.1 Å². The molecule has 0 aromatic heterocycles. The first-order valence-electron chi connectivity index (χ1n) is 6.13. The van der Waals surface area contributed by atoms with E-state index in [1.807, 2.05) is 0 Å². The lowest BCUT2D eigenvalue weighted by Gasteiger charge is -2.23. The van der Waals surface area contributed by atoms with E-state index >= 15 is 0 Å². The van der Waals surface area contributed by atoms with E-state index in [2.05, 4.69) is 0 Å². The maximum Gasteiger partial charge on any atom is 0.512 e. The average Bonchev–Trinajstić information content (AvgIpc) is 2.28. The third-order valence-corrected chi connectivity index (χ3v) is 3.18. The van der Waals surface area contributed by atoms with Gasteiger partial charge in [0.1, 0.15) is 5.75 Å². The molecule has 0 saturated heterocycles. The van der Waals surface area contributed by atoms with Crippen molar-refractivity contribution in [3.05, 3.63) is 24.0 Å². The smallest absolute Gasteiger partial charge is 0.490 e. The van der Waals surface area contributed by atoms with Crippen molar-refractivity contribution in [2.24, 2.45) is 0 Å². The van der Waals surface area contributed by atoms with Crippen LogP contribution >= 0.6 is 0 Å². The van der Waals surface area contributed by atoms with Gasteiger partial charge in [0.05, 0.1) is 11.9 Å². The second kappa shape index (κ2) is 5.20. The molecule has 1 aliphatic carbocycles. The topological polar surface area (TPSA) is 9.23 Å². The van der Waals surface area contributed by atoms with E-state index in [0.717, 1.165) is 44.2 Å². The monoisotopic (exact) mass is 261 g/mol. The normalized spacial score (nSPS) is 17.8. The van der Waals surface area contributed by atoms with Gasteiger partial charge in [-0.05, 0) is 31.7 Å². The van der Waals surface area contributed by atoms with Crippen LogP contribution in [0.25, 0.3) is 0 Å². The van der Waals surface area contributed by atoms with Crippen molar-refractivity contribution in [3.8, 4) is 5.75 Å². The van der Waals surface area contributed by atoms with Gasteiger partial charge >= 0.3 is 6.98 Å². The minimum atomic E-state index is -5.30. The van der Waals surface area contributed by atoms with Gasteiger partial charge in [-0.15, -0.1) is 0 Å². The molecule has 18 heavy (non-hydrogen) atoms. The molecule has 0 heterocycles. The van der Waals surface area contributed by atoms with Crippen LogP contribution in [0, 0.1) is 5.82 Å². The quantitative estimate of drug-likeness (QED) is 0.596. The Bertz CT molecular complexity index is 413. The van der Waals surface area contributed by atoms with Crippen molar-refractivity contribution in [2.45, 2.75) is 38.2 Å². The van der Waals surface area contributed by atoms with Crippen LogP contribution < -0.4 is 10.2 Å². The molecule has 0 aliphatic heterocycles. The first kappa shape index (κ1) is 13.2. The SMILES string of the molecule is Fc1cc(OC2CCCCC2)ccc1[B-](F)(F)F. The molecule has 0 atom stereocenters. The Balaban J connectivity index is 2.08. The number of rotatable bonds is 3. The summed E-state index contributed by atoms with van der Waals surface area (Å²) in [6.45, 7) is -5.30. The zero-order valence-corrected chi connectivity index (χ0v) is 9.84. The second-order valence-corrected chi connectivity index (χ2v) is 4.64. The van der Waals surface area contributed by atoms with Crippen LogP contribution in [0.5, 0.6) is 5.75 Å². The molecule has 0 N–H and O–H groups in total. The fraction of sp³-hybridized carbons (Fsp3) is 0.500. The number of ether oxygens (including phenoxy) is 1. The highest BCUT2D eigenvalue weighted by atomic mass is 19.4. The lowest BCUT2D eigenvalue weighted by atomic mass is 9.80. The molecule has 0 amide bonds. The molecule has 0 radical (unpaired) electrons. The third-order valence-electron chi connectivity index (χ3n) is 3.18. The molecule has 0 unspecified atom stereocenters. The minimum Gasteiger partial charge on any atom is -0.490 e. The molecule has 1 aromatic rings. The lowest BCUT2D eigenvalue weighted by Crippen LogP contribution is -2.36. The van der Waals surface area contributed by atoms with Crippen LogP contribution in [0.3, 0.4) is 0 Å². The van der Waals surface area contributed by atoms with Gasteiger partial charge in [-0.25, -0.2) is 4.39 Å². The Hall–Kier alpha value is -1.20. The molecule has 1 aromatic carbocycles. The number of halogens is 4. The maximum absolute atomic E-state index is 13.3. The van der Waals surface area contributed by atoms with Crippen LogP contribution in [0.4, 0.5) is 17.3 Å². The van der Waals surface area contributed by atoms with Gasteiger partial charge < -0.3 is 17.7 Å². The Morgan fingerprint density at radius 3 is 2.28 bits per heavy atom. The number of hydrogen-bond donors (Lipinski definition) is 0. The largest absolute Gasteiger partial charge is 0.512 e. The molecule has 100 valence electrons. The van der Waals surface area contributed by atoms with E-state index in [0.29, 0.717) is 0 Å². The first-order chi connectivity index (χ1) is 8.47. The average molecular weight is 261 g/mol. The summed E-state index contributed by atoms with van der Waals surface area (Å²) < 4.78 is 56.1. The Labute approximate surface area is 103 Å². The van der Waals surface area contributed by atoms with Crippen LogP contribution in [0.2, 0.25) is 0 Å². The summed E-state index contributed by atoms with van der Waals surface area (Å²) in [5.41, 5.74) is -1.19. The van der Waals surface area contributed by atoms with Crippen molar-refractivity contribution in [1.29, 1.82) is 0 Å². The number of benzene rings is 1. The fourth-order valence-electron chi connectivity index (χ4n) is 2.22. The van der Waals surface area contributed by atoms with Crippen molar-refractivity contribution in [3.63, 3.8) is 0 Å². The van der Waals surface area contributed by atoms with Crippen molar-refractivity contribution in [1.82, 2.24) is 0 Å². The molecule has 1 aliphatic rings. The van der Waals surface area contributed by atoms with Gasteiger partial charge in [0.15, 0.2) is 0 Å². The van der Waals surface area contributed by atoms with Gasteiger partial charge in [-0.2, -0.15) is 0 Å². The van der Waals surface area contributed by atoms with E-state index in [-0.39, 0.29) is 11.9 Å². The maximum atomic E-state index is 13.3. The zero-order chi connectivity index (χ0) is 13.2. The highest BCUT2D eigenvalue weighted by Crippen LogP contribution is 2.24. The Morgan fingerprint density at radius 2 is 1.72 bits per heavy atom. The van der Waals surface area contributed by atoms with E-state index in [1.165, 1.54) is 6.07 Å². The summed E-state index contributed by atoms with van der Waals surface area (Å²) in [7, 11) is 0. The zero-order valence-electron chi connectivity index (χ0n) is 9.84. The summed E-state index contributed by atoms with van der Waals surface area (Å²) in [4.78, 5) is 0. The molecule has 6 heteroatoms. The van der Waals surface area contributed by atoms with E-state index in [4.69, 9.17) is 4.74 Å². The molecular weight excluding hydrogens is 247 g/mol. The van der Waals surface area contributed by atoms with Crippen LogP contribution in [-0.4, -0.2) is 13.1 Å². The molecule has 1 saturated carbocycles. The lowest BCUT2D eigenvalue weighted by molar-refractivity contribution is 0.154. The molecule has 1 fully saturated rings. The van der Waals surface area contributed by atoms with E-state index in [9.17, 15) is 17.3 Å². The number of hydrogen-bond acceptors (Lipinski definition) is 1. The van der Waals surface area contributed by atoms with Gasteiger partial charge in [-0.3, -0.25) is 0 Å². The molecular formula is C12H14BF4O-. The summed E-state index contributed by atoms with van der Waals surface area (Å²) >= 11 is 0. The summed E-state index contributed by atoms with van der Waals surface area (Å²) in [5, 5.41) is 0. The van der Waals surface area contributed by atoms with Gasteiger partial charge in [0, 0.05) is 6.07 Å². The van der Waals surface area contributed by atoms with Crippen LogP contribution in [0.1, 0.15) is 32.1 Å². The Morgan fingerprint density at radius 1 is 1.06 bits per heavy atom. The summed E-state index contributed by atoms with van der Waals surface area (Å²) in [5.74, 6) is -1.07. The predicted octanol–water partition coefficient (Wildman–Crippen LogP) is 3.59. The van der Waals surface area contributed by atoms with E-state index in [1.54, 1.807) is 0 Å². The van der Waals surface area contributed by atoms with Gasteiger partial charge in [0.2, 0.25) is 0 Å². The summed E-state index contributed by atoms with van der Waals surface area (Å²) in [6, 6.07) is 2.79. The first-order valence-corrected chi connectivity index (χ1v) is 6.13. The van der Waals surface area contributed by atoms with Crippen LogP contribution in [-0.2, 0) is 0 Å². The molecule has 0 bridgehead atoms. The van der Waals surface area contributed by atoms with E-state index < -0.39 is 18.3 Å². The van der Waals surface area contributed by atoms with Crippen LogP contribution in [0.15, 0.2) is 18.2 Å². The van der Waals surface area contributed by atoms with Gasteiger partial charge in [0.25, 0.3) is 0 Å². The third kappa shape index (κ3) is 3.18. The summed E-state index contributed by atoms with van der Waals surface area (Å²) in [6.07, 6.45) is 5.02. The predicted molar refractivity (Wildman–Crippen MR) is 62.6 cm³/mol. The highest BCUT2D eigenvalue weighted by molar-refractivity contribution is 6.73. The second-order valence-electron chi connectivity index (χ2n) is 4.64. The fourth-order valence-corrected chi connectivity index (χ4v) is 2.22. The Kier molecular flexibility index (Phi) is 3.83. The van der Waals surface area contributed by atoms with Gasteiger partial charge in [-0.1, -0.05) is 17.9 Å². The standard InChI is InChI=1S/C12H14BF4O/c14-12-8-10(6-7-11(12)13(15,16)17)18-9-4-2-1-3-5-9/h6-9H,1-5H2/q-1. The highest BCUT2D eigenvalue weighted by Gasteiger charge is 2.29. The van der Waals surface area contributed by atoms with Crippen molar-refractivity contribution in [2.75, 3.05) is 0 Å². The molecule has 0 spiro atoms. The molecule has 1 nitrogen and oxygen atoms in total.